The third kappa shape index (κ3) is 3.26. The van der Waals surface area contributed by atoms with Gasteiger partial charge in [-0.15, -0.1) is 0 Å². The van der Waals surface area contributed by atoms with E-state index >= 15 is 0 Å². The van der Waals surface area contributed by atoms with E-state index in [0.29, 0.717) is 18.0 Å². The number of primary amides is 1. The zero-order chi connectivity index (χ0) is 10.6. The first-order valence-electron chi connectivity index (χ1n) is 4.38. The van der Waals surface area contributed by atoms with Gasteiger partial charge < -0.3 is 11.1 Å². The van der Waals surface area contributed by atoms with Crippen molar-refractivity contribution in [3.63, 3.8) is 0 Å². The van der Waals surface area contributed by atoms with Crippen molar-refractivity contribution in [3.8, 4) is 0 Å². The maximum atomic E-state index is 10.5. The fourth-order valence-corrected chi connectivity index (χ4v) is 1.37. The van der Waals surface area contributed by atoms with Crippen LogP contribution in [-0.2, 0) is 4.79 Å². The second-order valence-corrected chi connectivity index (χ2v) is 3.54. The lowest BCUT2D eigenvalue weighted by Crippen LogP contribution is -2.16. The monoisotopic (exact) mass is 212 g/mol. The summed E-state index contributed by atoms with van der Waals surface area (Å²) in [5, 5.41) is 3.82. The number of aryl methyl sites for hydroxylation is 1. The Balaban J connectivity index is 2.55. The highest BCUT2D eigenvalue weighted by Gasteiger charge is 1.99. The molecule has 0 fully saturated rings. The third-order valence-electron chi connectivity index (χ3n) is 1.88. The van der Waals surface area contributed by atoms with Gasteiger partial charge in [0.2, 0.25) is 5.91 Å². The molecular weight excluding hydrogens is 200 g/mol. The standard InChI is InChI=1S/C10H13ClN2O/c1-7-6-8(11)2-3-9(7)13-5-4-10(12)14/h2-3,6,13H,4-5H2,1H3,(H2,12,14). The van der Waals surface area contributed by atoms with E-state index in [1.165, 1.54) is 0 Å². The minimum absolute atomic E-state index is 0.302. The van der Waals surface area contributed by atoms with E-state index in [0.717, 1.165) is 11.3 Å². The van der Waals surface area contributed by atoms with Crippen molar-refractivity contribution in [2.45, 2.75) is 13.3 Å². The quantitative estimate of drug-likeness (QED) is 0.802. The van der Waals surface area contributed by atoms with Crippen molar-refractivity contribution in [3.05, 3.63) is 28.8 Å². The van der Waals surface area contributed by atoms with Crippen LogP contribution in [0.3, 0.4) is 0 Å². The molecule has 0 unspecified atom stereocenters. The summed E-state index contributed by atoms with van der Waals surface area (Å²) in [5.41, 5.74) is 7.06. The molecule has 3 N–H and O–H groups in total. The molecule has 0 atom stereocenters. The van der Waals surface area contributed by atoms with E-state index in [1.807, 2.05) is 19.1 Å². The first kappa shape index (κ1) is 10.9. The van der Waals surface area contributed by atoms with Crippen molar-refractivity contribution in [2.75, 3.05) is 11.9 Å². The molecule has 1 aromatic carbocycles. The zero-order valence-corrected chi connectivity index (χ0v) is 8.77. The van der Waals surface area contributed by atoms with Gasteiger partial charge in [0, 0.05) is 23.7 Å². The van der Waals surface area contributed by atoms with Crippen molar-refractivity contribution in [1.29, 1.82) is 0 Å². The lowest BCUT2D eigenvalue weighted by atomic mass is 10.2. The van der Waals surface area contributed by atoms with E-state index in [1.54, 1.807) is 6.07 Å². The number of carbonyl (C=O) groups excluding carboxylic acids is 1. The highest BCUT2D eigenvalue weighted by molar-refractivity contribution is 6.30. The number of nitrogens with two attached hydrogens (primary N) is 1. The van der Waals surface area contributed by atoms with Gasteiger partial charge >= 0.3 is 0 Å². The molecule has 4 heteroatoms. The summed E-state index contributed by atoms with van der Waals surface area (Å²) in [4.78, 5) is 10.5. The molecule has 1 amide bonds. The molecule has 14 heavy (non-hydrogen) atoms. The summed E-state index contributed by atoms with van der Waals surface area (Å²) in [6, 6.07) is 5.56. The number of hydrogen-bond acceptors (Lipinski definition) is 2. The van der Waals surface area contributed by atoms with Crippen LogP contribution in [0.25, 0.3) is 0 Å². The molecule has 1 aromatic rings. The number of carbonyl (C=O) groups is 1. The zero-order valence-electron chi connectivity index (χ0n) is 8.01. The summed E-state index contributed by atoms with van der Waals surface area (Å²) < 4.78 is 0. The molecule has 0 bridgehead atoms. The van der Waals surface area contributed by atoms with Crippen LogP contribution in [0, 0.1) is 6.92 Å². The van der Waals surface area contributed by atoms with Crippen LogP contribution < -0.4 is 11.1 Å². The Bertz CT molecular complexity index is 339. The Kier molecular flexibility index (Phi) is 3.77. The Morgan fingerprint density at radius 1 is 1.57 bits per heavy atom. The molecule has 0 aromatic heterocycles. The van der Waals surface area contributed by atoms with Crippen LogP contribution in [0.1, 0.15) is 12.0 Å². The summed E-state index contributed by atoms with van der Waals surface area (Å²) in [6.07, 6.45) is 0.335. The Labute approximate surface area is 88.2 Å². The average molecular weight is 213 g/mol. The Hall–Kier alpha value is -1.22. The second-order valence-electron chi connectivity index (χ2n) is 3.10. The molecule has 0 aliphatic rings. The minimum atomic E-state index is -0.302. The summed E-state index contributed by atoms with van der Waals surface area (Å²) in [7, 11) is 0. The average Bonchev–Trinajstić information content (AvgIpc) is 2.08. The summed E-state index contributed by atoms with van der Waals surface area (Å²) in [5.74, 6) is -0.302. The van der Waals surface area contributed by atoms with Crippen LogP contribution in [0.2, 0.25) is 5.02 Å². The topological polar surface area (TPSA) is 55.1 Å². The van der Waals surface area contributed by atoms with Gasteiger partial charge in [0.15, 0.2) is 0 Å². The fraction of sp³-hybridized carbons (Fsp3) is 0.300. The summed E-state index contributed by atoms with van der Waals surface area (Å²) >= 11 is 5.80. The molecule has 0 heterocycles. The number of amides is 1. The maximum Gasteiger partial charge on any atom is 0.219 e. The van der Waals surface area contributed by atoms with E-state index in [4.69, 9.17) is 17.3 Å². The van der Waals surface area contributed by atoms with Gasteiger partial charge in [-0.25, -0.2) is 0 Å². The largest absolute Gasteiger partial charge is 0.384 e. The number of anilines is 1. The summed E-state index contributed by atoms with van der Waals surface area (Å²) in [6.45, 7) is 2.51. The molecule has 76 valence electrons. The van der Waals surface area contributed by atoms with Gasteiger partial charge in [-0.05, 0) is 30.7 Å². The van der Waals surface area contributed by atoms with E-state index in [9.17, 15) is 4.79 Å². The lowest BCUT2D eigenvalue weighted by Gasteiger charge is -2.08. The fourth-order valence-electron chi connectivity index (χ4n) is 1.15. The number of benzene rings is 1. The van der Waals surface area contributed by atoms with E-state index in [-0.39, 0.29) is 5.91 Å². The number of halogens is 1. The molecule has 0 saturated heterocycles. The van der Waals surface area contributed by atoms with Crippen molar-refractivity contribution >= 4 is 23.2 Å². The smallest absolute Gasteiger partial charge is 0.219 e. The Morgan fingerprint density at radius 2 is 2.29 bits per heavy atom. The molecule has 0 saturated carbocycles. The van der Waals surface area contributed by atoms with Crippen LogP contribution in [0.15, 0.2) is 18.2 Å². The normalized spacial score (nSPS) is 9.86. The molecule has 0 aliphatic carbocycles. The molecule has 0 aliphatic heterocycles. The highest BCUT2D eigenvalue weighted by Crippen LogP contribution is 2.19. The van der Waals surface area contributed by atoms with Gasteiger partial charge in [0.05, 0.1) is 0 Å². The number of nitrogens with one attached hydrogen (secondary N) is 1. The molecule has 0 radical (unpaired) electrons. The van der Waals surface area contributed by atoms with Crippen LogP contribution >= 0.6 is 11.6 Å². The van der Waals surface area contributed by atoms with Gasteiger partial charge in [-0.1, -0.05) is 11.6 Å². The predicted octanol–water partition coefficient (Wildman–Crippen LogP) is 1.94. The maximum absolute atomic E-state index is 10.5. The van der Waals surface area contributed by atoms with E-state index in [2.05, 4.69) is 5.32 Å². The van der Waals surface area contributed by atoms with Crippen LogP contribution in [-0.4, -0.2) is 12.5 Å². The molecular formula is C10H13ClN2O. The lowest BCUT2D eigenvalue weighted by molar-refractivity contribution is -0.117. The highest BCUT2D eigenvalue weighted by atomic mass is 35.5. The van der Waals surface area contributed by atoms with E-state index < -0.39 is 0 Å². The SMILES string of the molecule is Cc1cc(Cl)ccc1NCCC(N)=O. The third-order valence-corrected chi connectivity index (χ3v) is 2.11. The Morgan fingerprint density at radius 3 is 2.86 bits per heavy atom. The van der Waals surface area contributed by atoms with Crippen LogP contribution in [0.4, 0.5) is 5.69 Å². The molecule has 3 nitrogen and oxygen atoms in total. The molecule has 1 rings (SSSR count). The van der Waals surface area contributed by atoms with Crippen molar-refractivity contribution in [2.24, 2.45) is 5.73 Å². The van der Waals surface area contributed by atoms with Gasteiger partial charge in [-0.3, -0.25) is 4.79 Å². The minimum Gasteiger partial charge on any atom is -0.384 e. The van der Waals surface area contributed by atoms with Gasteiger partial charge in [0.25, 0.3) is 0 Å². The first-order chi connectivity index (χ1) is 6.59. The van der Waals surface area contributed by atoms with Crippen LogP contribution in [0.5, 0.6) is 0 Å². The van der Waals surface area contributed by atoms with Crippen molar-refractivity contribution < 1.29 is 4.79 Å². The predicted molar refractivity (Wildman–Crippen MR) is 58.5 cm³/mol. The van der Waals surface area contributed by atoms with Gasteiger partial charge in [0.1, 0.15) is 0 Å². The first-order valence-corrected chi connectivity index (χ1v) is 4.75. The van der Waals surface area contributed by atoms with Crippen molar-refractivity contribution in [1.82, 2.24) is 0 Å². The second kappa shape index (κ2) is 4.86. The number of rotatable bonds is 4. The molecule has 0 spiro atoms. The number of hydrogen-bond donors (Lipinski definition) is 2. The van der Waals surface area contributed by atoms with Gasteiger partial charge in [-0.2, -0.15) is 0 Å².